The van der Waals surface area contributed by atoms with Gasteiger partial charge in [-0.3, -0.25) is 4.79 Å². The van der Waals surface area contributed by atoms with Crippen molar-refractivity contribution in [3.05, 3.63) is 0 Å². The summed E-state index contributed by atoms with van der Waals surface area (Å²) in [6.45, 7) is 3.25. The Morgan fingerprint density at radius 1 is 1.21 bits per heavy atom. The Morgan fingerprint density at radius 3 is 2.64 bits per heavy atom. The molecule has 0 bridgehead atoms. The van der Waals surface area contributed by atoms with E-state index in [1.807, 2.05) is 0 Å². The first-order valence-corrected chi connectivity index (χ1v) is 5.75. The molecule has 2 unspecified atom stereocenters. The van der Waals surface area contributed by atoms with Crippen molar-refractivity contribution in [3.8, 4) is 0 Å². The number of hydrogen-bond donors (Lipinski definition) is 0. The maximum Gasteiger partial charge on any atom is 0.225 e. The molecular weight excluding hydrogens is 176 g/mol. The van der Waals surface area contributed by atoms with Crippen molar-refractivity contribution >= 4 is 5.91 Å². The van der Waals surface area contributed by atoms with Gasteiger partial charge in [0.15, 0.2) is 0 Å². The highest BCUT2D eigenvalue weighted by molar-refractivity contribution is 5.81. The van der Waals surface area contributed by atoms with Crippen LogP contribution in [0.25, 0.3) is 0 Å². The van der Waals surface area contributed by atoms with E-state index in [2.05, 4.69) is 16.8 Å². The smallest absolute Gasteiger partial charge is 0.225 e. The van der Waals surface area contributed by atoms with E-state index in [0.29, 0.717) is 17.9 Å². The van der Waals surface area contributed by atoms with E-state index in [1.165, 1.54) is 13.0 Å². The summed E-state index contributed by atoms with van der Waals surface area (Å²) in [6, 6.07) is 0.665. The molecule has 2 saturated heterocycles. The molecule has 0 aromatic carbocycles. The van der Waals surface area contributed by atoms with E-state index >= 15 is 0 Å². The van der Waals surface area contributed by atoms with E-state index in [9.17, 15) is 4.79 Å². The van der Waals surface area contributed by atoms with Gasteiger partial charge < -0.3 is 9.80 Å². The van der Waals surface area contributed by atoms with E-state index in [0.717, 1.165) is 31.8 Å². The van der Waals surface area contributed by atoms with Crippen LogP contribution in [-0.4, -0.2) is 48.4 Å². The van der Waals surface area contributed by atoms with Crippen molar-refractivity contribution in [2.75, 3.05) is 26.7 Å². The second kappa shape index (κ2) is 2.96. The molecule has 1 saturated carbocycles. The lowest BCUT2D eigenvalue weighted by Crippen LogP contribution is -2.35. The van der Waals surface area contributed by atoms with Crippen LogP contribution in [0.5, 0.6) is 0 Å². The maximum atomic E-state index is 11.9. The fraction of sp³-hybridized carbons (Fsp3) is 0.909. The molecule has 3 aliphatic rings. The predicted molar refractivity (Wildman–Crippen MR) is 53.8 cm³/mol. The van der Waals surface area contributed by atoms with Crippen molar-refractivity contribution in [2.45, 2.75) is 25.3 Å². The van der Waals surface area contributed by atoms with Gasteiger partial charge >= 0.3 is 0 Å². The summed E-state index contributed by atoms with van der Waals surface area (Å²) < 4.78 is 0. The first-order valence-electron chi connectivity index (χ1n) is 5.75. The molecular formula is C11H18N2O. The molecule has 78 valence electrons. The van der Waals surface area contributed by atoms with Crippen molar-refractivity contribution < 1.29 is 4.79 Å². The molecule has 14 heavy (non-hydrogen) atoms. The van der Waals surface area contributed by atoms with E-state index < -0.39 is 0 Å². The number of carbonyl (C=O) groups excluding carboxylic acids is 1. The number of hydrogen-bond acceptors (Lipinski definition) is 2. The molecule has 2 aliphatic heterocycles. The van der Waals surface area contributed by atoms with Crippen molar-refractivity contribution in [2.24, 2.45) is 11.8 Å². The molecule has 0 spiro atoms. The lowest BCUT2D eigenvalue weighted by atomic mass is 10.1. The number of fused-ring (bicyclic) bond motifs is 1. The van der Waals surface area contributed by atoms with Crippen LogP contribution in [0.1, 0.15) is 19.3 Å². The fourth-order valence-corrected chi connectivity index (χ4v) is 2.94. The lowest BCUT2D eigenvalue weighted by molar-refractivity contribution is -0.131. The van der Waals surface area contributed by atoms with Gasteiger partial charge in [0.2, 0.25) is 5.91 Å². The molecule has 3 fully saturated rings. The minimum absolute atomic E-state index is 0.402. The van der Waals surface area contributed by atoms with E-state index in [4.69, 9.17) is 0 Å². The summed E-state index contributed by atoms with van der Waals surface area (Å²) in [6.07, 6.45) is 3.57. The zero-order valence-corrected chi connectivity index (χ0v) is 8.78. The lowest BCUT2D eigenvalue weighted by Gasteiger charge is -2.20. The van der Waals surface area contributed by atoms with Gasteiger partial charge in [-0.2, -0.15) is 0 Å². The minimum Gasteiger partial charge on any atom is -0.341 e. The molecule has 0 radical (unpaired) electrons. The number of carbonyl (C=O) groups is 1. The maximum absolute atomic E-state index is 11.9. The Hall–Kier alpha value is -0.570. The molecule has 3 heteroatoms. The highest BCUT2D eigenvalue weighted by Crippen LogP contribution is 2.36. The zero-order valence-electron chi connectivity index (χ0n) is 8.78. The first-order chi connectivity index (χ1) is 6.75. The monoisotopic (exact) mass is 194 g/mol. The van der Waals surface area contributed by atoms with Gasteiger partial charge in [-0.25, -0.2) is 0 Å². The Kier molecular flexibility index (Phi) is 1.84. The third-order valence-corrected chi connectivity index (χ3v) is 4.06. The second-order valence-corrected chi connectivity index (χ2v) is 5.11. The SMILES string of the molecule is CN1CCC2CN(C(=O)C3CC3)CC21. The average molecular weight is 194 g/mol. The van der Waals surface area contributed by atoms with Gasteiger partial charge in [0.05, 0.1) is 0 Å². The molecule has 0 aromatic heterocycles. The van der Waals surface area contributed by atoms with Gasteiger partial charge in [-0.1, -0.05) is 0 Å². The Labute approximate surface area is 85.1 Å². The highest BCUT2D eigenvalue weighted by atomic mass is 16.2. The third-order valence-electron chi connectivity index (χ3n) is 4.06. The predicted octanol–water partition coefficient (Wildman–Crippen LogP) is 0.559. The molecule has 3 nitrogen and oxygen atoms in total. The van der Waals surface area contributed by atoms with Crippen LogP contribution in [0, 0.1) is 11.8 Å². The van der Waals surface area contributed by atoms with Gasteiger partial charge in [0.25, 0.3) is 0 Å². The van der Waals surface area contributed by atoms with Crippen LogP contribution >= 0.6 is 0 Å². The Bertz CT molecular complexity index is 262. The van der Waals surface area contributed by atoms with Crippen LogP contribution in [-0.2, 0) is 4.79 Å². The number of amides is 1. The van der Waals surface area contributed by atoms with Crippen LogP contribution in [0.2, 0.25) is 0 Å². The molecule has 2 atom stereocenters. The van der Waals surface area contributed by atoms with Crippen molar-refractivity contribution in [3.63, 3.8) is 0 Å². The number of rotatable bonds is 1. The minimum atomic E-state index is 0.402. The highest BCUT2D eigenvalue weighted by Gasteiger charge is 2.44. The van der Waals surface area contributed by atoms with Gasteiger partial charge in [-0.15, -0.1) is 0 Å². The van der Waals surface area contributed by atoms with Crippen LogP contribution < -0.4 is 0 Å². The summed E-state index contributed by atoms with van der Waals surface area (Å²) in [5.41, 5.74) is 0. The summed E-state index contributed by atoms with van der Waals surface area (Å²) in [5, 5.41) is 0. The molecule has 0 N–H and O–H groups in total. The van der Waals surface area contributed by atoms with Crippen LogP contribution in [0.3, 0.4) is 0 Å². The number of likely N-dealkylation sites (tertiary alicyclic amines) is 2. The first kappa shape index (κ1) is 8.72. The summed E-state index contributed by atoms with van der Waals surface area (Å²) >= 11 is 0. The molecule has 1 amide bonds. The number of nitrogens with zero attached hydrogens (tertiary/aromatic N) is 2. The van der Waals surface area contributed by atoms with Gasteiger partial charge in [0.1, 0.15) is 0 Å². The van der Waals surface area contributed by atoms with Gasteiger partial charge in [0, 0.05) is 25.0 Å². The van der Waals surface area contributed by atoms with Crippen molar-refractivity contribution in [1.82, 2.24) is 9.80 Å². The normalized spacial score (nSPS) is 37.6. The van der Waals surface area contributed by atoms with Crippen molar-refractivity contribution in [1.29, 1.82) is 0 Å². The molecule has 3 rings (SSSR count). The third kappa shape index (κ3) is 1.26. The fourth-order valence-electron chi connectivity index (χ4n) is 2.94. The van der Waals surface area contributed by atoms with E-state index in [-0.39, 0.29) is 0 Å². The van der Waals surface area contributed by atoms with Crippen LogP contribution in [0.4, 0.5) is 0 Å². The second-order valence-electron chi connectivity index (χ2n) is 5.11. The van der Waals surface area contributed by atoms with Gasteiger partial charge in [-0.05, 0) is 38.8 Å². The number of likely N-dealkylation sites (N-methyl/N-ethyl adjacent to an activating group) is 1. The van der Waals surface area contributed by atoms with Crippen LogP contribution in [0.15, 0.2) is 0 Å². The Balaban J connectivity index is 1.66. The van der Waals surface area contributed by atoms with E-state index in [1.54, 1.807) is 0 Å². The zero-order chi connectivity index (χ0) is 9.71. The standard InChI is InChI=1S/C11H18N2O/c1-12-5-4-9-6-13(7-10(9)12)11(14)8-2-3-8/h8-10H,2-7H2,1H3. The molecule has 0 aromatic rings. The summed E-state index contributed by atoms with van der Waals surface area (Å²) in [4.78, 5) is 16.4. The Morgan fingerprint density at radius 2 is 2.00 bits per heavy atom. The quantitative estimate of drug-likeness (QED) is 0.609. The molecule has 1 aliphatic carbocycles. The molecule has 2 heterocycles. The topological polar surface area (TPSA) is 23.6 Å². The summed E-state index contributed by atoms with van der Waals surface area (Å²) in [7, 11) is 2.19. The largest absolute Gasteiger partial charge is 0.341 e. The average Bonchev–Trinajstić information content (AvgIpc) is 2.84. The summed E-state index contributed by atoms with van der Waals surface area (Å²) in [5.74, 6) is 1.61.